The number of para-hydroxylation sites is 1. The first-order chi connectivity index (χ1) is 13.1. The van der Waals surface area contributed by atoms with E-state index < -0.39 is 36.9 Å². The summed E-state index contributed by atoms with van der Waals surface area (Å²) >= 11 is 0. The van der Waals surface area contributed by atoms with Gasteiger partial charge in [0.25, 0.3) is 15.6 Å². The Morgan fingerprint density at radius 1 is 1.14 bits per heavy atom. The van der Waals surface area contributed by atoms with E-state index in [0.29, 0.717) is 23.5 Å². The topological polar surface area (TPSA) is 116 Å². The summed E-state index contributed by atoms with van der Waals surface area (Å²) in [6.45, 7) is 1.55. The zero-order valence-electron chi connectivity index (χ0n) is 14.8. The Morgan fingerprint density at radius 3 is 2.39 bits per heavy atom. The highest BCUT2D eigenvalue weighted by atomic mass is 32.2. The molecule has 0 spiro atoms. The summed E-state index contributed by atoms with van der Waals surface area (Å²) < 4.78 is 43.7. The predicted molar refractivity (Wildman–Crippen MR) is 99.6 cm³/mol. The molecule has 1 aromatic heterocycles. The van der Waals surface area contributed by atoms with Gasteiger partial charge in [0.05, 0.1) is 21.2 Å². The quantitative estimate of drug-likeness (QED) is 0.516. The van der Waals surface area contributed by atoms with Crippen LogP contribution in [0.15, 0.2) is 58.2 Å². The molecule has 1 heterocycles. The largest absolute Gasteiger partial charge is 0.306 e. The molecule has 11 heteroatoms. The van der Waals surface area contributed by atoms with Crippen molar-refractivity contribution in [3.8, 4) is 5.69 Å². The van der Waals surface area contributed by atoms with Crippen LogP contribution in [0, 0.1) is 22.9 Å². The second kappa shape index (κ2) is 6.93. The molecule has 3 rings (SSSR count). The molecule has 0 aliphatic carbocycles. The van der Waals surface area contributed by atoms with Gasteiger partial charge >= 0.3 is 5.69 Å². The summed E-state index contributed by atoms with van der Waals surface area (Å²) in [6, 6.07) is 10.8. The lowest BCUT2D eigenvalue weighted by Gasteiger charge is -2.07. The van der Waals surface area contributed by atoms with Crippen LogP contribution in [0.2, 0.25) is 0 Å². The minimum absolute atomic E-state index is 0.210. The number of aromatic nitrogens is 2. The first kappa shape index (κ1) is 19.3. The molecule has 2 aromatic carbocycles. The van der Waals surface area contributed by atoms with E-state index in [2.05, 4.69) is 4.72 Å². The van der Waals surface area contributed by atoms with E-state index in [1.807, 2.05) is 0 Å². The molecule has 0 unspecified atom stereocenters. The van der Waals surface area contributed by atoms with Crippen LogP contribution in [0.25, 0.3) is 5.69 Å². The first-order valence-electron chi connectivity index (χ1n) is 7.94. The molecule has 0 fully saturated rings. The van der Waals surface area contributed by atoms with Gasteiger partial charge in [-0.25, -0.2) is 13.1 Å². The standard InChI is InChI=1S/C17H15FN4O5S/c1-11-16(17(23)21(20(11)2)12-6-4-3-5-7-12)19-28(26,27)13-8-9-14(18)15(10-13)22(24)25/h3-10,19H,1-2H3. The molecule has 0 atom stereocenters. The Kier molecular flexibility index (Phi) is 4.77. The Labute approximate surface area is 158 Å². The van der Waals surface area contributed by atoms with E-state index in [1.54, 1.807) is 44.3 Å². The zero-order chi connectivity index (χ0) is 20.6. The van der Waals surface area contributed by atoms with Crippen LogP contribution >= 0.6 is 0 Å². The number of rotatable bonds is 5. The third-order valence-corrected chi connectivity index (χ3v) is 5.56. The fraction of sp³-hybridized carbons (Fsp3) is 0.118. The van der Waals surface area contributed by atoms with Gasteiger partial charge in [0.2, 0.25) is 5.82 Å². The number of nitrogens with one attached hydrogen (secondary N) is 1. The summed E-state index contributed by atoms with van der Waals surface area (Å²) in [5, 5.41) is 10.9. The SMILES string of the molecule is Cc1c(NS(=O)(=O)c2ccc(F)c([N+](=O)[O-])c2)c(=O)n(-c2ccccc2)n1C. The highest BCUT2D eigenvalue weighted by Crippen LogP contribution is 2.24. The van der Waals surface area contributed by atoms with Crippen molar-refractivity contribution >= 4 is 21.4 Å². The highest BCUT2D eigenvalue weighted by molar-refractivity contribution is 7.92. The molecule has 9 nitrogen and oxygen atoms in total. The molecular weight excluding hydrogens is 391 g/mol. The predicted octanol–water partition coefficient (Wildman–Crippen LogP) is 2.33. The summed E-state index contributed by atoms with van der Waals surface area (Å²) in [7, 11) is -2.78. The highest BCUT2D eigenvalue weighted by Gasteiger charge is 2.25. The molecule has 0 radical (unpaired) electrons. The monoisotopic (exact) mass is 406 g/mol. The van der Waals surface area contributed by atoms with E-state index in [-0.39, 0.29) is 5.69 Å². The second-order valence-electron chi connectivity index (χ2n) is 5.91. The maximum absolute atomic E-state index is 13.5. The lowest BCUT2D eigenvalue weighted by Crippen LogP contribution is -2.23. The van der Waals surface area contributed by atoms with Gasteiger partial charge in [-0.05, 0) is 31.2 Å². The molecule has 3 aromatic rings. The number of halogens is 1. The van der Waals surface area contributed by atoms with Crippen molar-refractivity contribution in [1.29, 1.82) is 0 Å². The average molecular weight is 406 g/mol. The van der Waals surface area contributed by atoms with E-state index in [1.165, 1.54) is 9.36 Å². The van der Waals surface area contributed by atoms with Crippen molar-refractivity contribution in [3.63, 3.8) is 0 Å². The molecule has 0 saturated heterocycles. The number of nitro groups is 1. The Morgan fingerprint density at radius 2 is 1.79 bits per heavy atom. The van der Waals surface area contributed by atoms with Crippen LogP contribution in [0.4, 0.5) is 15.8 Å². The Balaban J connectivity index is 2.09. The number of hydrogen-bond donors (Lipinski definition) is 1. The van der Waals surface area contributed by atoms with Crippen molar-refractivity contribution in [2.75, 3.05) is 4.72 Å². The average Bonchev–Trinajstić information content (AvgIpc) is 2.85. The minimum Gasteiger partial charge on any atom is -0.283 e. The third-order valence-electron chi connectivity index (χ3n) is 4.22. The number of nitro benzene ring substituents is 1. The van der Waals surface area contributed by atoms with Gasteiger partial charge < -0.3 is 0 Å². The van der Waals surface area contributed by atoms with Gasteiger partial charge in [-0.3, -0.25) is 24.3 Å². The van der Waals surface area contributed by atoms with Gasteiger partial charge in [-0.1, -0.05) is 18.2 Å². The third kappa shape index (κ3) is 3.27. The normalized spacial score (nSPS) is 11.4. The van der Waals surface area contributed by atoms with Gasteiger partial charge in [-0.15, -0.1) is 0 Å². The van der Waals surface area contributed by atoms with Crippen LogP contribution in [-0.2, 0) is 17.1 Å². The number of benzene rings is 2. The number of sulfonamides is 1. The summed E-state index contributed by atoms with van der Waals surface area (Å²) in [5.41, 5.74) is -0.950. The lowest BCUT2D eigenvalue weighted by molar-refractivity contribution is -0.387. The van der Waals surface area contributed by atoms with E-state index in [0.717, 1.165) is 6.07 Å². The zero-order valence-corrected chi connectivity index (χ0v) is 15.6. The van der Waals surface area contributed by atoms with Gasteiger partial charge in [0, 0.05) is 13.1 Å². The summed E-state index contributed by atoms with van der Waals surface area (Å²) in [5.74, 6) is -1.16. The molecule has 0 aliphatic rings. The van der Waals surface area contributed by atoms with E-state index in [4.69, 9.17) is 0 Å². The molecule has 0 amide bonds. The number of anilines is 1. The van der Waals surface area contributed by atoms with Crippen LogP contribution < -0.4 is 10.3 Å². The molecule has 1 N–H and O–H groups in total. The molecule has 0 bridgehead atoms. The Bertz CT molecular complexity index is 1230. The van der Waals surface area contributed by atoms with Crippen LogP contribution in [-0.4, -0.2) is 22.7 Å². The van der Waals surface area contributed by atoms with Crippen molar-refractivity contribution in [1.82, 2.24) is 9.36 Å². The molecular formula is C17H15FN4O5S. The van der Waals surface area contributed by atoms with Gasteiger partial charge in [0.15, 0.2) is 0 Å². The van der Waals surface area contributed by atoms with E-state index in [9.17, 15) is 27.7 Å². The second-order valence-corrected chi connectivity index (χ2v) is 7.59. The van der Waals surface area contributed by atoms with Crippen LogP contribution in [0.5, 0.6) is 0 Å². The summed E-state index contributed by atoms with van der Waals surface area (Å²) in [6.07, 6.45) is 0. The van der Waals surface area contributed by atoms with Gasteiger partial charge in [-0.2, -0.15) is 4.39 Å². The van der Waals surface area contributed by atoms with Crippen LogP contribution in [0.1, 0.15) is 5.69 Å². The van der Waals surface area contributed by atoms with Gasteiger partial charge in [0.1, 0.15) is 5.69 Å². The fourth-order valence-electron chi connectivity index (χ4n) is 2.68. The number of hydrogen-bond acceptors (Lipinski definition) is 5. The molecule has 28 heavy (non-hydrogen) atoms. The fourth-order valence-corrected chi connectivity index (χ4v) is 3.81. The Hall–Kier alpha value is -3.47. The van der Waals surface area contributed by atoms with Crippen molar-refractivity contribution in [2.45, 2.75) is 11.8 Å². The van der Waals surface area contributed by atoms with Crippen molar-refractivity contribution < 1.29 is 17.7 Å². The van der Waals surface area contributed by atoms with Crippen molar-refractivity contribution in [2.24, 2.45) is 7.05 Å². The molecule has 0 saturated carbocycles. The lowest BCUT2D eigenvalue weighted by atomic mass is 10.3. The maximum atomic E-state index is 13.5. The molecule has 0 aliphatic heterocycles. The summed E-state index contributed by atoms with van der Waals surface area (Å²) in [4.78, 5) is 22.1. The maximum Gasteiger partial charge on any atom is 0.306 e. The van der Waals surface area contributed by atoms with Crippen LogP contribution in [0.3, 0.4) is 0 Å². The molecule has 146 valence electrons. The smallest absolute Gasteiger partial charge is 0.283 e. The van der Waals surface area contributed by atoms with E-state index >= 15 is 0 Å². The minimum atomic E-state index is -4.36. The first-order valence-corrected chi connectivity index (χ1v) is 9.42. The number of nitrogens with zero attached hydrogens (tertiary/aromatic N) is 3. The van der Waals surface area contributed by atoms with Crippen molar-refractivity contribution in [3.05, 3.63) is 80.5 Å².